The lowest BCUT2D eigenvalue weighted by Gasteiger charge is -2.33. The SMILES string of the molecule is COC(CC(C)(CN)Nc1cccc(Br)c1)OC. The molecular weight excluding hydrogens is 296 g/mol. The number of nitrogens with two attached hydrogens (primary N) is 1. The monoisotopic (exact) mass is 316 g/mol. The quantitative estimate of drug-likeness (QED) is 0.759. The van der Waals surface area contributed by atoms with Crippen LogP contribution in [0, 0.1) is 0 Å². The molecular formula is C13H21BrN2O2. The molecule has 1 rings (SSSR count). The zero-order valence-corrected chi connectivity index (χ0v) is 12.7. The molecule has 5 heteroatoms. The lowest BCUT2D eigenvalue weighted by atomic mass is 9.97. The zero-order chi connectivity index (χ0) is 13.6. The van der Waals surface area contributed by atoms with Crippen LogP contribution >= 0.6 is 15.9 Å². The Morgan fingerprint density at radius 3 is 2.56 bits per heavy atom. The van der Waals surface area contributed by atoms with Crippen LogP contribution in [0.3, 0.4) is 0 Å². The largest absolute Gasteiger partial charge is 0.378 e. The molecule has 1 aromatic rings. The van der Waals surface area contributed by atoms with Gasteiger partial charge in [0.15, 0.2) is 6.29 Å². The van der Waals surface area contributed by atoms with Gasteiger partial charge in [0.1, 0.15) is 0 Å². The van der Waals surface area contributed by atoms with Crippen LogP contribution in [0.25, 0.3) is 0 Å². The normalized spacial score (nSPS) is 14.6. The van der Waals surface area contributed by atoms with Crippen molar-refractivity contribution in [2.75, 3.05) is 26.1 Å². The number of benzene rings is 1. The van der Waals surface area contributed by atoms with Gasteiger partial charge in [0.05, 0.1) is 5.54 Å². The molecule has 0 aromatic heterocycles. The van der Waals surface area contributed by atoms with Crippen molar-refractivity contribution in [1.82, 2.24) is 0 Å². The van der Waals surface area contributed by atoms with E-state index in [1.807, 2.05) is 24.3 Å². The molecule has 0 spiro atoms. The van der Waals surface area contributed by atoms with Crippen molar-refractivity contribution in [2.24, 2.45) is 5.73 Å². The highest BCUT2D eigenvalue weighted by Crippen LogP contribution is 2.23. The number of rotatable bonds is 7. The van der Waals surface area contributed by atoms with Crippen molar-refractivity contribution in [2.45, 2.75) is 25.2 Å². The highest BCUT2D eigenvalue weighted by molar-refractivity contribution is 9.10. The molecule has 0 heterocycles. The van der Waals surface area contributed by atoms with Gasteiger partial charge >= 0.3 is 0 Å². The van der Waals surface area contributed by atoms with Crippen LogP contribution in [0.15, 0.2) is 28.7 Å². The molecule has 0 saturated heterocycles. The molecule has 0 radical (unpaired) electrons. The molecule has 18 heavy (non-hydrogen) atoms. The molecule has 0 saturated carbocycles. The fraction of sp³-hybridized carbons (Fsp3) is 0.538. The Bertz CT molecular complexity index is 372. The fourth-order valence-electron chi connectivity index (χ4n) is 1.73. The van der Waals surface area contributed by atoms with E-state index < -0.39 is 0 Å². The summed E-state index contributed by atoms with van der Waals surface area (Å²) in [5.74, 6) is 0. The Morgan fingerprint density at radius 1 is 1.39 bits per heavy atom. The minimum Gasteiger partial charge on any atom is -0.378 e. The van der Waals surface area contributed by atoms with Gasteiger partial charge in [-0.1, -0.05) is 22.0 Å². The van der Waals surface area contributed by atoms with E-state index in [9.17, 15) is 0 Å². The summed E-state index contributed by atoms with van der Waals surface area (Å²) in [6.07, 6.45) is 0.404. The van der Waals surface area contributed by atoms with Gasteiger partial charge < -0.3 is 20.5 Å². The summed E-state index contributed by atoms with van der Waals surface area (Å²) < 4.78 is 11.5. The second-order valence-corrected chi connectivity index (χ2v) is 5.42. The van der Waals surface area contributed by atoms with E-state index in [0.29, 0.717) is 13.0 Å². The van der Waals surface area contributed by atoms with Crippen molar-refractivity contribution in [1.29, 1.82) is 0 Å². The third-order valence-electron chi connectivity index (χ3n) is 2.86. The molecule has 1 unspecified atom stereocenters. The number of ether oxygens (including phenoxy) is 2. The number of nitrogens with one attached hydrogen (secondary N) is 1. The van der Waals surface area contributed by atoms with Gasteiger partial charge in [-0.2, -0.15) is 0 Å². The maximum absolute atomic E-state index is 5.87. The Balaban J connectivity index is 2.75. The van der Waals surface area contributed by atoms with Crippen molar-refractivity contribution < 1.29 is 9.47 Å². The van der Waals surface area contributed by atoms with Crippen LogP contribution in [0.1, 0.15) is 13.3 Å². The highest BCUT2D eigenvalue weighted by Gasteiger charge is 2.27. The molecule has 0 amide bonds. The number of halogens is 1. The van der Waals surface area contributed by atoms with E-state index in [4.69, 9.17) is 15.2 Å². The molecule has 0 bridgehead atoms. The summed E-state index contributed by atoms with van der Waals surface area (Å²) in [6, 6.07) is 7.99. The second-order valence-electron chi connectivity index (χ2n) is 4.51. The molecule has 0 fully saturated rings. The Labute approximate surface area is 117 Å². The predicted octanol–water partition coefficient (Wildman–Crippen LogP) is 2.59. The maximum Gasteiger partial charge on any atom is 0.159 e. The summed E-state index contributed by atoms with van der Waals surface area (Å²) >= 11 is 3.45. The summed E-state index contributed by atoms with van der Waals surface area (Å²) in [7, 11) is 3.26. The number of hydrogen-bond donors (Lipinski definition) is 2. The van der Waals surface area contributed by atoms with Crippen molar-refractivity contribution in [3.8, 4) is 0 Å². The van der Waals surface area contributed by atoms with Gasteiger partial charge in [-0.05, 0) is 25.1 Å². The first-order chi connectivity index (χ1) is 8.53. The van der Waals surface area contributed by atoms with Gasteiger partial charge in [-0.3, -0.25) is 0 Å². The fourth-order valence-corrected chi connectivity index (χ4v) is 2.13. The summed E-state index contributed by atoms with van der Waals surface area (Å²) in [4.78, 5) is 0. The van der Waals surface area contributed by atoms with E-state index >= 15 is 0 Å². The first-order valence-corrected chi connectivity index (χ1v) is 6.61. The first kappa shape index (κ1) is 15.4. The first-order valence-electron chi connectivity index (χ1n) is 5.82. The van der Waals surface area contributed by atoms with Crippen LogP contribution in [-0.2, 0) is 9.47 Å². The highest BCUT2D eigenvalue weighted by atomic mass is 79.9. The molecule has 3 N–H and O–H groups in total. The number of methoxy groups -OCH3 is 2. The molecule has 102 valence electrons. The van der Waals surface area contributed by atoms with Gasteiger partial charge in [0.2, 0.25) is 0 Å². The minimum atomic E-state index is -0.280. The third kappa shape index (κ3) is 4.57. The van der Waals surface area contributed by atoms with Gasteiger partial charge in [-0.25, -0.2) is 0 Å². The van der Waals surface area contributed by atoms with Crippen LogP contribution in [0.5, 0.6) is 0 Å². The van der Waals surface area contributed by atoms with E-state index in [0.717, 1.165) is 10.2 Å². The van der Waals surface area contributed by atoms with Gasteiger partial charge in [-0.15, -0.1) is 0 Å². The van der Waals surface area contributed by atoms with E-state index in [2.05, 4.69) is 28.2 Å². The summed E-state index contributed by atoms with van der Waals surface area (Å²) in [5, 5.41) is 3.43. The van der Waals surface area contributed by atoms with Crippen LogP contribution < -0.4 is 11.1 Å². The second kappa shape index (κ2) is 7.09. The Morgan fingerprint density at radius 2 is 2.06 bits per heavy atom. The molecule has 1 atom stereocenters. The van der Waals surface area contributed by atoms with Crippen molar-refractivity contribution in [3.05, 3.63) is 28.7 Å². The molecule has 0 aliphatic rings. The van der Waals surface area contributed by atoms with Crippen LogP contribution in [0.4, 0.5) is 5.69 Å². The standard InChI is InChI=1S/C13H21BrN2O2/c1-13(9-15,8-12(17-2)18-3)16-11-6-4-5-10(14)7-11/h4-7,12,16H,8-9,15H2,1-3H3. The molecule has 4 nitrogen and oxygen atoms in total. The average molecular weight is 317 g/mol. The van der Waals surface area contributed by atoms with E-state index in [1.165, 1.54) is 0 Å². The van der Waals surface area contributed by atoms with Crippen molar-refractivity contribution >= 4 is 21.6 Å². The molecule has 0 aliphatic carbocycles. The van der Waals surface area contributed by atoms with Crippen LogP contribution in [0.2, 0.25) is 0 Å². The lowest BCUT2D eigenvalue weighted by molar-refractivity contribution is -0.113. The number of anilines is 1. The van der Waals surface area contributed by atoms with Crippen molar-refractivity contribution in [3.63, 3.8) is 0 Å². The topological polar surface area (TPSA) is 56.5 Å². The van der Waals surface area contributed by atoms with E-state index in [-0.39, 0.29) is 11.8 Å². The lowest BCUT2D eigenvalue weighted by Crippen LogP contribution is -2.45. The summed E-state index contributed by atoms with van der Waals surface area (Å²) in [5.41, 5.74) is 6.60. The maximum atomic E-state index is 5.87. The minimum absolute atomic E-state index is 0.266. The van der Waals surface area contributed by atoms with E-state index in [1.54, 1.807) is 14.2 Å². The van der Waals surface area contributed by atoms with Gasteiger partial charge in [0, 0.05) is 37.3 Å². The van der Waals surface area contributed by atoms with Gasteiger partial charge in [0.25, 0.3) is 0 Å². The third-order valence-corrected chi connectivity index (χ3v) is 3.36. The smallest absolute Gasteiger partial charge is 0.159 e. The molecule has 1 aromatic carbocycles. The Kier molecular flexibility index (Phi) is 6.08. The summed E-state index contributed by atoms with van der Waals surface area (Å²) in [6.45, 7) is 2.54. The zero-order valence-electron chi connectivity index (χ0n) is 11.1. The average Bonchev–Trinajstić information content (AvgIpc) is 2.36. The predicted molar refractivity (Wildman–Crippen MR) is 77.6 cm³/mol. The number of hydrogen-bond acceptors (Lipinski definition) is 4. The Hall–Kier alpha value is -0.620. The van der Waals surface area contributed by atoms with Crippen LogP contribution in [-0.4, -0.2) is 32.6 Å². The molecule has 0 aliphatic heterocycles.